The van der Waals surface area contributed by atoms with Crippen molar-refractivity contribution in [1.29, 1.82) is 0 Å². The van der Waals surface area contributed by atoms with Crippen LogP contribution in [0.2, 0.25) is 0 Å². The number of aromatic nitrogens is 3. The molecule has 0 N–H and O–H groups in total. The second-order valence-electron chi connectivity index (χ2n) is 7.12. The van der Waals surface area contributed by atoms with Crippen molar-refractivity contribution in [2.45, 2.75) is 19.4 Å². The van der Waals surface area contributed by atoms with E-state index in [1.165, 1.54) is 11.3 Å². The molecule has 146 valence electrons. The Balaban J connectivity index is 1.28. The minimum Gasteiger partial charge on any atom is -0.472 e. The first-order valence-electron chi connectivity index (χ1n) is 9.60. The third-order valence-corrected chi connectivity index (χ3v) is 6.26. The van der Waals surface area contributed by atoms with Crippen LogP contribution in [0.5, 0.6) is 5.88 Å². The highest BCUT2D eigenvalue weighted by Crippen LogP contribution is 2.26. The van der Waals surface area contributed by atoms with Gasteiger partial charge in [-0.15, -0.1) is 0 Å². The second-order valence-corrected chi connectivity index (χ2v) is 8.10. The van der Waals surface area contributed by atoms with E-state index in [4.69, 9.17) is 4.74 Å². The number of fused-ring (bicyclic) bond motifs is 1. The van der Waals surface area contributed by atoms with Gasteiger partial charge in [0.25, 0.3) is 5.91 Å². The SMILES string of the molecule is Cc1nc(-n2cccc2)sc1C(=O)N1CCC(Oc2ccc3ccccc3n2)C1. The highest BCUT2D eigenvalue weighted by molar-refractivity contribution is 7.16. The molecule has 4 heterocycles. The molecule has 0 spiro atoms. The molecule has 1 aliphatic heterocycles. The molecule has 4 aromatic rings. The van der Waals surface area contributed by atoms with E-state index in [1.807, 2.05) is 77.3 Å². The van der Waals surface area contributed by atoms with Gasteiger partial charge in [-0.1, -0.05) is 29.5 Å². The lowest BCUT2D eigenvalue weighted by Gasteiger charge is -2.16. The zero-order valence-corrected chi connectivity index (χ0v) is 16.8. The number of carbonyl (C=O) groups excluding carboxylic acids is 1. The van der Waals surface area contributed by atoms with Crippen LogP contribution in [0, 0.1) is 6.92 Å². The van der Waals surface area contributed by atoms with Gasteiger partial charge in [-0.3, -0.25) is 4.79 Å². The molecule has 0 bridgehead atoms. The predicted octanol–water partition coefficient (Wildman–Crippen LogP) is 4.08. The number of ether oxygens (including phenoxy) is 1. The van der Waals surface area contributed by atoms with Crippen molar-refractivity contribution in [2.75, 3.05) is 13.1 Å². The van der Waals surface area contributed by atoms with Gasteiger partial charge >= 0.3 is 0 Å². The average molecular weight is 404 g/mol. The third-order valence-electron chi connectivity index (χ3n) is 5.10. The molecule has 1 amide bonds. The second kappa shape index (κ2) is 7.33. The van der Waals surface area contributed by atoms with E-state index in [1.54, 1.807) is 0 Å². The van der Waals surface area contributed by atoms with Crippen molar-refractivity contribution in [3.05, 3.63) is 71.5 Å². The number of nitrogens with zero attached hydrogens (tertiary/aromatic N) is 4. The van der Waals surface area contributed by atoms with Gasteiger partial charge in [-0.25, -0.2) is 9.97 Å². The molecule has 1 aromatic carbocycles. The summed E-state index contributed by atoms with van der Waals surface area (Å²) in [6.45, 7) is 3.12. The van der Waals surface area contributed by atoms with Crippen LogP contribution in [-0.4, -0.2) is 44.5 Å². The fourth-order valence-corrected chi connectivity index (χ4v) is 4.59. The quantitative estimate of drug-likeness (QED) is 0.514. The number of thiazole rings is 1. The normalized spacial score (nSPS) is 16.4. The van der Waals surface area contributed by atoms with Gasteiger partial charge < -0.3 is 14.2 Å². The standard InChI is InChI=1S/C22H20N4O2S/c1-15-20(29-22(23-15)25-11-4-5-12-25)21(27)26-13-10-17(14-26)28-19-9-8-16-6-2-3-7-18(16)24-19/h2-9,11-12,17H,10,13-14H2,1H3. The molecule has 7 heteroatoms. The maximum atomic E-state index is 13.0. The number of para-hydroxylation sites is 1. The van der Waals surface area contributed by atoms with Crippen molar-refractivity contribution in [1.82, 2.24) is 19.4 Å². The highest BCUT2D eigenvalue weighted by Gasteiger charge is 2.30. The fourth-order valence-electron chi connectivity index (χ4n) is 3.59. The van der Waals surface area contributed by atoms with Crippen LogP contribution in [0.1, 0.15) is 21.8 Å². The summed E-state index contributed by atoms with van der Waals surface area (Å²) in [7, 11) is 0. The Hall–Kier alpha value is -3.19. The van der Waals surface area contributed by atoms with E-state index < -0.39 is 0 Å². The number of amides is 1. The van der Waals surface area contributed by atoms with Crippen molar-refractivity contribution >= 4 is 28.1 Å². The molecule has 0 saturated carbocycles. The van der Waals surface area contributed by atoms with Crippen LogP contribution in [0.3, 0.4) is 0 Å². The lowest BCUT2D eigenvalue weighted by atomic mass is 10.2. The van der Waals surface area contributed by atoms with Crippen molar-refractivity contribution in [3.8, 4) is 11.0 Å². The van der Waals surface area contributed by atoms with Crippen LogP contribution >= 0.6 is 11.3 Å². The van der Waals surface area contributed by atoms with Gasteiger partial charge in [-0.05, 0) is 31.2 Å². The van der Waals surface area contributed by atoms with Gasteiger partial charge in [0, 0.05) is 36.8 Å². The minimum atomic E-state index is -0.0511. The molecule has 1 unspecified atom stereocenters. The number of benzene rings is 1. The summed E-state index contributed by atoms with van der Waals surface area (Å²) in [6.07, 6.45) is 4.61. The van der Waals surface area contributed by atoms with Crippen molar-refractivity contribution in [3.63, 3.8) is 0 Å². The van der Waals surface area contributed by atoms with Crippen LogP contribution in [-0.2, 0) is 0 Å². The highest BCUT2D eigenvalue weighted by atomic mass is 32.1. The summed E-state index contributed by atoms with van der Waals surface area (Å²) in [5.41, 5.74) is 1.68. The van der Waals surface area contributed by atoms with Crippen LogP contribution in [0.15, 0.2) is 60.9 Å². The lowest BCUT2D eigenvalue weighted by Crippen LogP contribution is -2.30. The Morgan fingerprint density at radius 1 is 1.10 bits per heavy atom. The maximum Gasteiger partial charge on any atom is 0.266 e. The summed E-state index contributed by atoms with van der Waals surface area (Å²) in [6, 6.07) is 15.8. The smallest absolute Gasteiger partial charge is 0.266 e. The molecule has 5 rings (SSSR count). The first-order valence-corrected chi connectivity index (χ1v) is 10.4. The largest absolute Gasteiger partial charge is 0.472 e. The molecular formula is C22H20N4O2S. The predicted molar refractivity (Wildman–Crippen MR) is 113 cm³/mol. The Morgan fingerprint density at radius 3 is 2.79 bits per heavy atom. The van der Waals surface area contributed by atoms with Crippen LogP contribution in [0.4, 0.5) is 0 Å². The Morgan fingerprint density at radius 2 is 1.93 bits per heavy atom. The molecule has 1 atom stereocenters. The molecule has 6 nitrogen and oxygen atoms in total. The minimum absolute atomic E-state index is 0.0241. The van der Waals surface area contributed by atoms with Gasteiger partial charge in [-0.2, -0.15) is 0 Å². The van der Waals surface area contributed by atoms with Crippen molar-refractivity contribution in [2.24, 2.45) is 0 Å². The number of hydrogen-bond donors (Lipinski definition) is 0. The van der Waals surface area contributed by atoms with Crippen molar-refractivity contribution < 1.29 is 9.53 Å². The monoisotopic (exact) mass is 404 g/mol. The van der Waals surface area contributed by atoms with Gasteiger partial charge in [0.05, 0.1) is 17.8 Å². The van der Waals surface area contributed by atoms with Gasteiger partial charge in [0.15, 0.2) is 5.13 Å². The summed E-state index contributed by atoms with van der Waals surface area (Å²) in [4.78, 5) is 24.7. The molecule has 1 saturated heterocycles. The van der Waals surface area contributed by atoms with Crippen LogP contribution in [0.25, 0.3) is 16.0 Å². The van der Waals surface area contributed by atoms with E-state index in [0.29, 0.717) is 23.8 Å². The first-order chi connectivity index (χ1) is 14.2. The van der Waals surface area contributed by atoms with E-state index in [9.17, 15) is 4.79 Å². The average Bonchev–Trinajstić information content (AvgIpc) is 3.48. The summed E-state index contributed by atoms with van der Waals surface area (Å²) in [5.74, 6) is 0.628. The van der Waals surface area contributed by atoms with E-state index >= 15 is 0 Å². The molecule has 29 heavy (non-hydrogen) atoms. The van der Waals surface area contributed by atoms with E-state index in [-0.39, 0.29) is 12.0 Å². The summed E-state index contributed by atoms with van der Waals surface area (Å²) < 4.78 is 8.00. The zero-order valence-electron chi connectivity index (χ0n) is 16.0. The van der Waals surface area contributed by atoms with Crippen LogP contribution < -0.4 is 4.74 Å². The topological polar surface area (TPSA) is 60.2 Å². The third kappa shape index (κ3) is 3.49. The number of rotatable bonds is 4. The number of likely N-dealkylation sites (tertiary alicyclic amines) is 1. The summed E-state index contributed by atoms with van der Waals surface area (Å²) >= 11 is 1.43. The maximum absolute atomic E-state index is 13.0. The summed E-state index contributed by atoms with van der Waals surface area (Å²) in [5, 5.41) is 1.89. The molecule has 0 aliphatic carbocycles. The molecule has 1 fully saturated rings. The molecular weight excluding hydrogens is 384 g/mol. The molecule has 1 aliphatic rings. The van der Waals surface area contributed by atoms with E-state index in [2.05, 4.69) is 9.97 Å². The Labute approximate surface area is 172 Å². The number of hydrogen-bond acceptors (Lipinski definition) is 5. The molecule has 0 radical (unpaired) electrons. The number of aryl methyl sites for hydroxylation is 1. The van der Waals surface area contributed by atoms with E-state index in [0.717, 1.165) is 28.1 Å². The van der Waals surface area contributed by atoms with Gasteiger partial charge in [0.2, 0.25) is 5.88 Å². The Bertz CT molecular complexity index is 1170. The lowest BCUT2D eigenvalue weighted by molar-refractivity contribution is 0.0775. The Kier molecular flexibility index (Phi) is 4.52. The first kappa shape index (κ1) is 17.9. The number of carbonyl (C=O) groups is 1. The zero-order chi connectivity index (χ0) is 19.8. The molecule has 3 aromatic heterocycles. The number of pyridine rings is 1. The van der Waals surface area contributed by atoms with Gasteiger partial charge in [0.1, 0.15) is 11.0 Å². The fraction of sp³-hybridized carbons (Fsp3) is 0.227.